The molecule has 0 aliphatic rings. The van der Waals surface area contributed by atoms with Crippen molar-refractivity contribution in [2.45, 2.75) is 27.7 Å². The van der Waals surface area contributed by atoms with Crippen LogP contribution < -0.4 is 0 Å². The summed E-state index contributed by atoms with van der Waals surface area (Å²) in [6.45, 7) is 7.89. The van der Waals surface area contributed by atoms with Crippen molar-refractivity contribution in [3.63, 3.8) is 0 Å². The Morgan fingerprint density at radius 3 is 2.56 bits per heavy atom. The van der Waals surface area contributed by atoms with Crippen LogP contribution >= 0.6 is 0 Å². The number of ketones is 1. The van der Waals surface area contributed by atoms with Crippen LogP contribution in [0.25, 0.3) is 10.9 Å². The highest BCUT2D eigenvalue weighted by Gasteiger charge is 2.25. The number of Topliss-reactive ketones (excluding diaryl/α,β-unsaturated/α-hetero) is 1. The van der Waals surface area contributed by atoms with Gasteiger partial charge in [-0.3, -0.25) is 4.79 Å². The van der Waals surface area contributed by atoms with E-state index in [1.54, 1.807) is 0 Å². The normalized spacial score (nSPS) is 12.0. The summed E-state index contributed by atoms with van der Waals surface area (Å²) in [5.74, 6) is 0.183. The maximum Gasteiger partial charge on any atom is 0.170 e. The summed E-state index contributed by atoms with van der Waals surface area (Å²) in [5.41, 5.74) is 2.69. The Morgan fingerprint density at radius 2 is 1.94 bits per heavy atom. The summed E-state index contributed by atoms with van der Waals surface area (Å²) in [4.78, 5) is 15.4. The number of aryl methyl sites for hydroxylation is 1. The summed E-state index contributed by atoms with van der Waals surface area (Å²) < 4.78 is 0. The van der Waals surface area contributed by atoms with Crippen LogP contribution in [0.5, 0.6) is 0 Å². The molecule has 2 rings (SSSR count). The van der Waals surface area contributed by atoms with Crippen molar-refractivity contribution in [1.29, 1.82) is 0 Å². The van der Waals surface area contributed by atoms with Crippen LogP contribution in [0, 0.1) is 12.3 Å². The lowest BCUT2D eigenvalue weighted by atomic mass is 9.86. The number of rotatable bonds is 1. The van der Waals surface area contributed by atoms with Crippen LogP contribution in [0.2, 0.25) is 0 Å². The number of H-pyrrole nitrogens is 1. The molecule has 1 aromatic carbocycles. The van der Waals surface area contributed by atoms with Crippen LogP contribution in [-0.4, -0.2) is 10.8 Å². The fourth-order valence-corrected chi connectivity index (χ4v) is 1.83. The summed E-state index contributed by atoms with van der Waals surface area (Å²) in [5, 5.41) is 1.02. The largest absolute Gasteiger partial charge is 0.360 e. The van der Waals surface area contributed by atoms with Gasteiger partial charge in [-0.1, -0.05) is 32.9 Å². The third-order valence-electron chi connectivity index (χ3n) is 2.76. The molecule has 0 atom stereocenters. The van der Waals surface area contributed by atoms with Crippen molar-refractivity contribution in [1.82, 2.24) is 4.98 Å². The number of fused-ring (bicyclic) bond motifs is 1. The lowest BCUT2D eigenvalue weighted by Crippen LogP contribution is -2.19. The van der Waals surface area contributed by atoms with Crippen LogP contribution in [0.15, 0.2) is 24.4 Å². The average Bonchev–Trinajstić information content (AvgIpc) is 2.57. The zero-order valence-electron chi connectivity index (χ0n) is 10.2. The van der Waals surface area contributed by atoms with E-state index in [2.05, 4.69) is 11.1 Å². The molecule has 2 nitrogen and oxygen atoms in total. The van der Waals surface area contributed by atoms with E-state index in [-0.39, 0.29) is 11.2 Å². The summed E-state index contributed by atoms with van der Waals surface area (Å²) >= 11 is 0. The first-order valence-electron chi connectivity index (χ1n) is 5.52. The zero-order chi connectivity index (χ0) is 11.9. The molecule has 1 N–H and O–H groups in total. The Morgan fingerprint density at radius 1 is 1.25 bits per heavy atom. The molecule has 2 heteroatoms. The van der Waals surface area contributed by atoms with E-state index < -0.39 is 0 Å². The van der Waals surface area contributed by atoms with Crippen molar-refractivity contribution in [3.8, 4) is 0 Å². The monoisotopic (exact) mass is 215 g/mol. The fourth-order valence-electron chi connectivity index (χ4n) is 1.83. The second-order valence-corrected chi connectivity index (χ2v) is 5.33. The van der Waals surface area contributed by atoms with E-state index in [1.165, 1.54) is 5.56 Å². The van der Waals surface area contributed by atoms with Crippen LogP contribution in [0.3, 0.4) is 0 Å². The highest BCUT2D eigenvalue weighted by atomic mass is 16.1. The van der Waals surface area contributed by atoms with Crippen LogP contribution in [0.1, 0.15) is 36.7 Å². The molecule has 0 amide bonds. The van der Waals surface area contributed by atoms with Crippen molar-refractivity contribution >= 4 is 16.7 Å². The lowest BCUT2D eigenvalue weighted by molar-refractivity contribution is 0.0860. The van der Waals surface area contributed by atoms with Gasteiger partial charge in [0.2, 0.25) is 0 Å². The SMILES string of the molecule is Cc1ccc2c(C(=O)C(C)(C)C)c[nH]c2c1. The van der Waals surface area contributed by atoms with Gasteiger partial charge in [-0.2, -0.15) is 0 Å². The Kier molecular flexibility index (Phi) is 2.38. The van der Waals surface area contributed by atoms with Gasteiger partial charge in [0.25, 0.3) is 0 Å². The standard InChI is InChI=1S/C14H17NO/c1-9-5-6-10-11(8-15-12(10)7-9)13(16)14(2,3)4/h5-8,15H,1-4H3. The highest BCUT2D eigenvalue weighted by Crippen LogP contribution is 2.26. The van der Waals surface area contributed by atoms with Gasteiger partial charge in [0.05, 0.1) is 0 Å². The number of hydrogen-bond acceptors (Lipinski definition) is 1. The predicted octanol–water partition coefficient (Wildman–Crippen LogP) is 3.71. The third-order valence-corrected chi connectivity index (χ3v) is 2.76. The minimum Gasteiger partial charge on any atom is -0.360 e. The molecule has 0 radical (unpaired) electrons. The molecule has 0 aliphatic heterocycles. The maximum atomic E-state index is 12.2. The van der Waals surface area contributed by atoms with E-state index in [4.69, 9.17) is 0 Å². The maximum absolute atomic E-state index is 12.2. The number of benzene rings is 1. The second-order valence-electron chi connectivity index (χ2n) is 5.33. The predicted molar refractivity (Wildman–Crippen MR) is 66.8 cm³/mol. The molecule has 2 aromatic rings. The van der Waals surface area contributed by atoms with Gasteiger partial charge in [-0.05, 0) is 18.6 Å². The summed E-state index contributed by atoms with van der Waals surface area (Å²) in [6, 6.07) is 6.12. The van der Waals surface area contributed by atoms with Crippen molar-refractivity contribution in [2.24, 2.45) is 5.41 Å². The molecule has 0 fully saturated rings. The molecular weight excluding hydrogens is 198 g/mol. The second kappa shape index (κ2) is 3.48. The van der Waals surface area contributed by atoms with E-state index in [0.717, 1.165) is 16.5 Å². The zero-order valence-corrected chi connectivity index (χ0v) is 10.2. The summed E-state index contributed by atoms with van der Waals surface area (Å²) in [7, 11) is 0. The first-order chi connectivity index (χ1) is 7.39. The Hall–Kier alpha value is -1.57. The van der Waals surface area contributed by atoms with Crippen LogP contribution in [-0.2, 0) is 0 Å². The smallest absolute Gasteiger partial charge is 0.170 e. The van der Waals surface area contributed by atoms with Gasteiger partial charge in [-0.15, -0.1) is 0 Å². The number of aromatic nitrogens is 1. The molecule has 84 valence electrons. The average molecular weight is 215 g/mol. The number of hydrogen-bond donors (Lipinski definition) is 1. The molecule has 0 unspecified atom stereocenters. The third kappa shape index (κ3) is 1.75. The van der Waals surface area contributed by atoms with E-state index in [0.29, 0.717) is 0 Å². The number of aromatic amines is 1. The van der Waals surface area contributed by atoms with Gasteiger partial charge in [0, 0.05) is 28.1 Å². The molecule has 0 saturated heterocycles. The van der Waals surface area contributed by atoms with Gasteiger partial charge in [0.15, 0.2) is 5.78 Å². The Labute approximate surface area is 95.7 Å². The molecule has 1 aromatic heterocycles. The number of carbonyl (C=O) groups is 1. The molecule has 0 saturated carbocycles. The highest BCUT2D eigenvalue weighted by molar-refractivity contribution is 6.10. The van der Waals surface area contributed by atoms with Crippen molar-refractivity contribution in [2.75, 3.05) is 0 Å². The fraction of sp³-hybridized carbons (Fsp3) is 0.357. The van der Waals surface area contributed by atoms with Gasteiger partial charge in [0.1, 0.15) is 0 Å². The van der Waals surface area contributed by atoms with Crippen molar-refractivity contribution < 1.29 is 4.79 Å². The summed E-state index contributed by atoms with van der Waals surface area (Å²) in [6.07, 6.45) is 1.82. The van der Waals surface area contributed by atoms with Crippen LogP contribution in [0.4, 0.5) is 0 Å². The Balaban J connectivity index is 2.59. The number of nitrogens with one attached hydrogen (secondary N) is 1. The van der Waals surface area contributed by atoms with Gasteiger partial charge in [-0.25, -0.2) is 0 Å². The molecule has 16 heavy (non-hydrogen) atoms. The molecule has 0 aliphatic carbocycles. The minimum absolute atomic E-state index is 0.183. The first kappa shape index (κ1) is 10.9. The molecule has 1 heterocycles. The quantitative estimate of drug-likeness (QED) is 0.723. The minimum atomic E-state index is -0.333. The van der Waals surface area contributed by atoms with E-state index in [1.807, 2.05) is 46.0 Å². The Bertz CT molecular complexity index is 543. The van der Waals surface area contributed by atoms with E-state index in [9.17, 15) is 4.79 Å². The first-order valence-corrected chi connectivity index (χ1v) is 5.52. The van der Waals surface area contributed by atoms with Crippen molar-refractivity contribution in [3.05, 3.63) is 35.5 Å². The number of carbonyl (C=O) groups excluding carboxylic acids is 1. The van der Waals surface area contributed by atoms with Gasteiger partial charge < -0.3 is 4.98 Å². The molecule has 0 spiro atoms. The molecular formula is C14H17NO. The lowest BCUT2D eigenvalue weighted by Gasteiger charge is -2.15. The topological polar surface area (TPSA) is 32.9 Å². The van der Waals surface area contributed by atoms with E-state index >= 15 is 0 Å². The van der Waals surface area contributed by atoms with Gasteiger partial charge >= 0.3 is 0 Å². The molecule has 0 bridgehead atoms.